The van der Waals surface area contributed by atoms with Crippen molar-refractivity contribution in [2.45, 2.75) is 20.8 Å². The number of nitro groups is 1. The van der Waals surface area contributed by atoms with E-state index in [-0.39, 0.29) is 17.3 Å². The van der Waals surface area contributed by atoms with Crippen LogP contribution in [-0.4, -0.2) is 53.1 Å². The second-order valence-electron chi connectivity index (χ2n) is 4.17. The van der Waals surface area contributed by atoms with Crippen LogP contribution in [0.3, 0.4) is 0 Å². The molecule has 0 atom stereocenters. The molecule has 0 unspecified atom stereocenters. The van der Waals surface area contributed by atoms with Crippen LogP contribution >= 0.6 is 0 Å². The van der Waals surface area contributed by atoms with Gasteiger partial charge in [0.25, 0.3) is 5.88 Å². The summed E-state index contributed by atoms with van der Waals surface area (Å²) in [6, 6.07) is 0. The predicted molar refractivity (Wildman–Crippen MR) is 76.3 cm³/mol. The number of rotatable bonds is 8. The maximum Gasteiger partial charge on any atom is 0.352 e. The zero-order valence-corrected chi connectivity index (χ0v) is 12.3. The first kappa shape index (κ1) is 16.1. The van der Waals surface area contributed by atoms with Crippen molar-refractivity contribution in [3.05, 3.63) is 15.8 Å². The largest absolute Gasteiger partial charge is 0.471 e. The zero-order chi connectivity index (χ0) is 15.1. The highest BCUT2D eigenvalue weighted by Gasteiger charge is 2.23. The van der Waals surface area contributed by atoms with E-state index < -0.39 is 4.92 Å². The fourth-order valence-electron chi connectivity index (χ4n) is 1.77. The summed E-state index contributed by atoms with van der Waals surface area (Å²) >= 11 is 0. The SMILES string of the molecule is CCN(CC)CCOc1nc(NC)nc(C)c1[N+](=O)[O-]. The van der Waals surface area contributed by atoms with Gasteiger partial charge in [0.2, 0.25) is 5.95 Å². The monoisotopic (exact) mass is 283 g/mol. The lowest BCUT2D eigenvalue weighted by atomic mass is 10.3. The Morgan fingerprint density at radius 1 is 1.35 bits per heavy atom. The van der Waals surface area contributed by atoms with Crippen molar-refractivity contribution in [1.29, 1.82) is 0 Å². The molecule has 0 aliphatic heterocycles. The van der Waals surface area contributed by atoms with E-state index in [9.17, 15) is 10.1 Å². The summed E-state index contributed by atoms with van der Waals surface area (Å²) in [5.41, 5.74) is 0.107. The number of hydrogen-bond acceptors (Lipinski definition) is 7. The van der Waals surface area contributed by atoms with Crippen LogP contribution in [0.15, 0.2) is 0 Å². The highest BCUT2D eigenvalue weighted by molar-refractivity contribution is 5.48. The summed E-state index contributed by atoms with van der Waals surface area (Å²) in [6.45, 7) is 8.54. The highest BCUT2D eigenvalue weighted by atomic mass is 16.6. The molecule has 0 aliphatic rings. The summed E-state index contributed by atoms with van der Waals surface area (Å²) in [4.78, 5) is 20.7. The van der Waals surface area contributed by atoms with Crippen LogP contribution in [0.5, 0.6) is 5.88 Å². The van der Waals surface area contributed by atoms with E-state index in [0.29, 0.717) is 19.1 Å². The molecule has 0 saturated carbocycles. The first-order valence-electron chi connectivity index (χ1n) is 6.59. The van der Waals surface area contributed by atoms with Crippen LogP contribution in [0.2, 0.25) is 0 Å². The van der Waals surface area contributed by atoms with Gasteiger partial charge in [-0.25, -0.2) is 4.98 Å². The van der Waals surface area contributed by atoms with E-state index in [4.69, 9.17) is 4.74 Å². The van der Waals surface area contributed by atoms with E-state index >= 15 is 0 Å². The van der Waals surface area contributed by atoms with E-state index in [1.807, 2.05) is 0 Å². The molecular weight excluding hydrogens is 262 g/mol. The van der Waals surface area contributed by atoms with Crippen molar-refractivity contribution in [1.82, 2.24) is 14.9 Å². The Hall–Kier alpha value is -1.96. The molecule has 0 saturated heterocycles. The topological polar surface area (TPSA) is 93.4 Å². The Morgan fingerprint density at radius 2 is 2.00 bits per heavy atom. The van der Waals surface area contributed by atoms with E-state index in [2.05, 4.69) is 34.0 Å². The molecule has 8 heteroatoms. The summed E-state index contributed by atoms with van der Waals surface area (Å²) < 4.78 is 5.48. The Labute approximate surface area is 118 Å². The lowest BCUT2D eigenvalue weighted by molar-refractivity contribution is -0.387. The summed E-state index contributed by atoms with van der Waals surface area (Å²) in [5.74, 6) is 0.324. The molecule has 0 aliphatic carbocycles. The van der Waals surface area contributed by atoms with Crippen LogP contribution < -0.4 is 10.1 Å². The molecule has 0 radical (unpaired) electrons. The Balaban J connectivity index is 2.86. The van der Waals surface area contributed by atoms with Crippen molar-refractivity contribution in [3.8, 4) is 5.88 Å². The van der Waals surface area contributed by atoms with Crippen molar-refractivity contribution in [3.63, 3.8) is 0 Å². The van der Waals surface area contributed by atoms with E-state index in [1.54, 1.807) is 14.0 Å². The Kier molecular flexibility index (Phi) is 6.10. The summed E-state index contributed by atoms with van der Waals surface area (Å²) in [7, 11) is 1.65. The third-order valence-corrected chi connectivity index (χ3v) is 2.97. The molecule has 20 heavy (non-hydrogen) atoms. The smallest absolute Gasteiger partial charge is 0.352 e. The molecule has 0 spiro atoms. The van der Waals surface area contributed by atoms with Gasteiger partial charge in [0, 0.05) is 13.6 Å². The molecule has 0 fully saturated rings. The quantitative estimate of drug-likeness (QED) is 0.570. The van der Waals surface area contributed by atoms with Crippen LogP contribution in [0.25, 0.3) is 0 Å². The fraction of sp³-hybridized carbons (Fsp3) is 0.667. The molecule has 1 rings (SSSR count). The van der Waals surface area contributed by atoms with E-state index in [0.717, 1.165) is 13.1 Å². The summed E-state index contributed by atoms with van der Waals surface area (Å²) in [6.07, 6.45) is 0. The molecule has 0 amide bonds. The van der Waals surface area contributed by atoms with Crippen molar-refractivity contribution in [2.75, 3.05) is 38.6 Å². The van der Waals surface area contributed by atoms with Gasteiger partial charge in [-0.3, -0.25) is 10.1 Å². The number of ether oxygens (including phenoxy) is 1. The van der Waals surface area contributed by atoms with E-state index in [1.165, 1.54) is 0 Å². The standard InChI is InChI=1S/C12H21N5O3/c1-5-16(6-2)7-8-20-11-10(17(18)19)9(3)14-12(13-4)15-11/h5-8H2,1-4H3,(H,13,14,15). The van der Waals surface area contributed by atoms with Gasteiger partial charge in [0.1, 0.15) is 12.3 Å². The highest BCUT2D eigenvalue weighted by Crippen LogP contribution is 2.28. The molecule has 0 aromatic carbocycles. The number of nitrogens with one attached hydrogen (secondary N) is 1. The Morgan fingerprint density at radius 3 is 2.50 bits per heavy atom. The summed E-state index contributed by atoms with van der Waals surface area (Å²) in [5, 5.41) is 13.8. The van der Waals surface area contributed by atoms with Gasteiger partial charge in [-0.2, -0.15) is 4.98 Å². The lowest BCUT2D eigenvalue weighted by Gasteiger charge is -2.17. The van der Waals surface area contributed by atoms with Gasteiger partial charge in [-0.1, -0.05) is 13.8 Å². The van der Waals surface area contributed by atoms with Gasteiger partial charge >= 0.3 is 5.69 Å². The average Bonchev–Trinajstić information content (AvgIpc) is 2.42. The lowest BCUT2D eigenvalue weighted by Crippen LogP contribution is -2.28. The molecule has 8 nitrogen and oxygen atoms in total. The van der Waals surface area contributed by atoms with Crippen molar-refractivity contribution >= 4 is 11.6 Å². The maximum atomic E-state index is 11.1. The van der Waals surface area contributed by atoms with Gasteiger partial charge in [0.05, 0.1) is 4.92 Å². The second kappa shape index (κ2) is 7.59. The zero-order valence-electron chi connectivity index (χ0n) is 12.3. The molecule has 0 bridgehead atoms. The fourth-order valence-corrected chi connectivity index (χ4v) is 1.77. The molecule has 112 valence electrons. The van der Waals surface area contributed by atoms with Crippen LogP contribution in [0.4, 0.5) is 11.6 Å². The minimum atomic E-state index is -0.512. The third kappa shape index (κ3) is 4.02. The molecule has 1 aromatic heterocycles. The third-order valence-electron chi connectivity index (χ3n) is 2.97. The van der Waals surface area contributed by atoms with Crippen molar-refractivity contribution < 1.29 is 9.66 Å². The van der Waals surface area contributed by atoms with Gasteiger partial charge in [0.15, 0.2) is 0 Å². The number of likely N-dealkylation sites (N-methyl/N-ethyl adjacent to an activating group) is 1. The molecule has 1 N–H and O–H groups in total. The number of aryl methyl sites for hydroxylation is 1. The van der Waals surface area contributed by atoms with Crippen LogP contribution in [0, 0.1) is 17.0 Å². The first-order valence-corrected chi connectivity index (χ1v) is 6.59. The number of anilines is 1. The first-order chi connectivity index (χ1) is 9.53. The second-order valence-corrected chi connectivity index (χ2v) is 4.17. The molecular formula is C12H21N5O3. The normalized spacial score (nSPS) is 10.7. The Bertz CT molecular complexity index is 463. The average molecular weight is 283 g/mol. The van der Waals surface area contributed by atoms with Gasteiger partial charge in [-0.15, -0.1) is 0 Å². The number of hydrogen-bond donors (Lipinski definition) is 1. The van der Waals surface area contributed by atoms with Crippen molar-refractivity contribution in [2.24, 2.45) is 0 Å². The van der Waals surface area contributed by atoms with Crippen LogP contribution in [0.1, 0.15) is 19.5 Å². The van der Waals surface area contributed by atoms with Gasteiger partial charge in [-0.05, 0) is 20.0 Å². The predicted octanol–water partition coefficient (Wildman–Crippen LogP) is 1.46. The minimum absolute atomic E-state index is 0.0130. The molecule has 1 aromatic rings. The molecule has 1 heterocycles. The van der Waals surface area contributed by atoms with Crippen LogP contribution in [-0.2, 0) is 0 Å². The number of nitrogens with zero attached hydrogens (tertiary/aromatic N) is 4. The minimum Gasteiger partial charge on any atom is -0.471 e. The maximum absolute atomic E-state index is 11.1. The number of aromatic nitrogens is 2. The van der Waals surface area contributed by atoms with Gasteiger partial charge < -0.3 is 15.0 Å².